The number of benzene rings is 1. The van der Waals surface area contributed by atoms with Gasteiger partial charge >= 0.3 is 0 Å². The van der Waals surface area contributed by atoms with Gasteiger partial charge in [0.1, 0.15) is 0 Å². The fraction of sp³-hybridized carbons (Fsp3) is 0.526. The Morgan fingerprint density at radius 2 is 2.09 bits per heavy atom. The highest BCUT2D eigenvalue weighted by Crippen LogP contribution is 2.42. The van der Waals surface area contributed by atoms with E-state index in [-0.39, 0.29) is 0 Å². The van der Waals surface area contributed by atoms with Crippen molar-refractivity contribution in [3.8, 4) is 0 Å². The second-order valence-corrected chi connectivity index (χ2v) is 8.13. The number of aromatic nitrogens is 1. The van der Waals surface area contributed by atoms with Crippen LogP contribution in [0, 0.1) is 16.4 Å². The second kappa shape index (κ2) is 6.20. The molecule has 1 aromatic heterocycles. The Hall–Kier alpha value is -0.880. The van der Waals surface area contributed by atoms with Crippen molar-refractivity contribution in [1.82, 2.24) is 4.98 Å². The summed E-state index contributed by atoms with van der Waals surface area (Å²) in [5.41, 5.74) is 3.55. The molecular weight excluding hydrogens is 399 g/mol. The minimum atomic E-state index is 0.380. The Morgan fingerprint density at radius 1 is 1.26 bits per heavy atom. The van der Waals surface area contributed by atoms with E-state index in [1.165, 1.54) is 40.3 Å². The van der Waals surface area contributed by atoms with E-state index in [0.717, 1.165) is 23.7 Å². The van der Waals surface area contributed by atoms with E-state index in [2.05, 4.69) is 58.7 Å². The molecule has 2 atom stereocenters. The number of rotatable bonds is 4. The molecule has 4 heteroatoms. The molecule has 0 bridgehead atoms. The number of pyridine rings is 1. The number of nitrogens with zero attached hydrogens (tertiary/aromatic N) is 2. The van der Waals surface area contributed by atoms with Crippen LogP contribution < -0.4 is 4.90 Å². The standard InChI is InChI=1S/C19H23IN2O/c1-12-10-18(15-8-7-14(20)11-16(15)21-12)22-9-3-4-17(22)19(23-2)13-5-6-13/h7-8,10-11,13,17,19H,3-6,9H2,1-2H3/t17-,19-/m0/s1. The molecule has 4 rings (SSSR count). The van der Waals surface area contributed by atoms with E-state index in [1.807, 2.05) is 7.11 Å². The minimum absolute atomic E-state index is 0.380. The van der Waals surface area contributed by atoms with Crippen LogP contribution in [0.3, 0.4) is 0 Å². The molecule has 23 heavy (non-hydrogen) atoms. The number of anilines is 1. The lowest BCUT2D eigenvalue weighted by Gasteiger charge is -2.33. The quantitative estimate of drug-likeness (QED) is 0.677. The topological polar surface area (TPSA) is 25.4 Å². The largest absolute Gasteiger partial charge is 0.379 e. The van der Waals surface area contributed by atoms with Gasteiger partial charge in [0.25, 0.3) is 0 Å². The summed E-state index contributed by atoms with van der Waals surface area (Å²) < 4.78 is 7.15. The van der Waals surface area contributed by atoms with Crippen molar-refractivity contribution in [3.05, 3.63) is 33.5 Å². The van der Waals surface area contributed by atoms with E-state index >= 15 is 0 Å². The SMILES string of the molecule is CO[C@@H](C1CC1)[C@@H]1CCCN1c1cc(C)nc2cc(I)ccc12. The number of hydrogen-bond donors (Lipinski definition) is 0. The molecule has 0 radical (unpaired) electrons. The fourth-order valence-electron chi connectivity index (χ4n) is 4.07. The van der Waals surface area contributed by atoms with Crippen LogP contribution in [0.25, 0.3) is 10.9 Å². The molecule has 0 amide bonds. The zero-order chi connectivity index (χ0) is 16.0. The summed E-state index contributed by atoms with van der Waals surface area (Å²) in [4.78, 5) is 7.34. The Kier molecular flexibility index (Phi) is 4.22. The van der Waals surface area contributed by atoms with E-state index < -0.39 is 0 Å². The molecule has 1 saturated carbocycles. The number of ether oxygens (including phenoxy) is 1. The van der Waals surface area contributed by atoms with Crippen molar-refractivity contribution < 1.29 is 4.74 Å². The summed E-state index contributed by atoms with van der Waals surface area (Å²) in [6, 6.07) is 9.37. The van der Waals surface area contributed by atoms with Gasteiger partial charge in [-0.25, -0.2) is 0 Å². The lowest BCUT2D eigenvalue weighted by atomic mass is 10.0. The Bertz CT molecular complexity index is 723. The molecule has 122 valence electrons. The highest BCUT2D eigenvalue weighted by Gasteiger charge is 2.41. The second-order valence-electron chi connectivity index (χ2n) is 6.88. The van der Waals surface area contributed by atoms with Crippen molar-refractivity contribution in [2.75, 3.05) is 18.6 Å². The van der Waals surface area contributed by atoms with Gasteiger partial charge in [0.05, 0.1) is 17.7 Å². The third kappa shape index (κ3) is 2.95. The van der Waals surface area contributed by atoms with Gasteiger partial charge in [-0.05, 0) is 85.4 Å². The smallest absolute Gasteiger partial charge is 0.0802 e. The van der Waals surface area contributed by atoms with Gasteiger partial charge in [0.15, 0.2) is 0 Å². The zero-order valence-electron chi connectivity index (χ0n) is 13.8. The highest BCUT2D eigenvalue weighted by molar-refractivity contribution is 14.1. The molecule has 2 aromatic rings. The molecule has 3 nitrogen and oxygen atoms in total. The van der Waals surface area contributed by atoms with Crippen LogP contribution in [0.4, 0.5) is 5.69 Å². The first kappa shape index (κ1) is 15.6. The molecule has 1 aliphatic heterocycles. The van der Waals surface area contributed by atoms with Crippen molar-refractivity contribution in [2.24, 2.45) is 5.92 Å². The Labute approximate surface area is 151 Å². The van der Waals surface area contributed by atoms with Gasteiger partial charge in [0.2, 0.25) is 0 Å². The summed E-state index contributed by atoms with van der Waals surface area (Å²) in [5, 5.41) is 1.27. The molecule has 0 spiro atoms. The average molecular weight is 422 g/mol. The first-order valence-corrected chi connectivity index (χ1v) is 9.61. The van der Waals surface area contributed by atoms with Crippen LogP contribution >= 0.6 is 22.6 Å². The summed E-state index contributed by atoms with van der Waals surface area (Å²) >= 11 is 2.36. The van der Waals surface area contributed by atoms with Gasteiger partial charge in [-0.1, -0.05) is 0 Å². The van der Waals surface area contributed by atoms with Crippen molar-refractivity contribution in [3.63, 3.8) is 0 Å². The molecule has 2 heterocycles. The third-order valence-corrected chi connectivity index (χ3v) is 5.90. The molecule has 0 unspecified atom stereocenters. The van der Waals surface area contributed by atoms with E-state index in [9.17, 15) is 0 Å². The lowest BCUT2D eigenvalue weighted by Crippen LogP contribution is -2.41. The maximum atomic E-state index is 5.91. The maximum absolute atomic E-state index is 5.91. The first-order valence-electron chi connectivity index (χ1n) is 8.53. The van der Waals surface area contributed by atoms with Crippen molar-refractivity contribution in [1.29, 1.82) is 0 Å². The first-order chi connectivity index (χ1) is 11.2. The molecule has 1 aromatic carbocycles. The van der Waals surface area contributed by atoms with Crippen LogP contribution in [-0.2, 0) is 4.74 Å². The Balaban J connectivity index is 1.78. The van der Waals surface area contributed by atoms with E-state index in [4.69, 9.17) is 9.72 Å². The van der Waals surface area contributed by atoms with E-state index in [1.54, 1.807) is 0 Å². The van der Waals surface area contributed by atoms with Gasteiger partial charge < -0.3 is 9.64 Å². The monoisotopic (exact) mass is 422 g/mol. The molecule has 2 aliphatic rings. The molecule has 2 fully saturated rings. The Morgan fingerprint density at radius 3 is 2.83 bits per heavy atom. The van der Waals surface area contributed by atoms with E-state index in [0.29, 0.717) is 12.1 Å². The van der Waals surface area contributed by atoms with Crippen LogP contribution in [0.1, 0.15) is 31.4 Å². The van der Waals surface area contributed by atoms with Gasteiger partial charge in [-0.15, -0.1) is 0 Å². The predicted octanol–water partition coefficient (Wildman–Crippen LogP) is 4.54. The number of aryl methyl sites for hydroxylation is 1. The van der Waals surface area contributed by atoms with Gasteiger partial charge in [-0.2, -0.15) is 0 Å². The molecule has 1 aliphatic carbocycles. The normalized spacial score (nSPS) is 22.7. The average Bonchev–Trinajstić information content (AvgIpc) is 3.24. The zero-order valence-corrected chi connectivity index (χ0v) is 15.9. The van der Waals surface area contributed by atoms with Crippen LogP contribution in [-0.4, -0.2) is 30.8 Å². The highest BCUT2D eigenvalue weighted by atomic mass is 127. The van der Waals surface area contributed by atoms with Crippen LogP contribution in [0.2, 0.25) is 0 Å². The lowest BCUT2D eigenvalue weighted by molar-refractivity contribution is 0.0637. The molecule has 1 saturated heterocycles. The molecule has 0 N–H and O–H groups in total. The van der Waals surface area contributed by atoms with Crippen molar-refractivity contribution in [2.45, 2.75) is 44.8 Å². The number of halogens is 1. The summed E-state index contributed by atoms with van der Waals surface area (Å²) in [6.07, 6.45) is 5.53. The molecular formula is C19H23IN2O. The summed E-state index contributed by atoms with van der Waals surface area (Å²) in [7, 11) is 1.89. The fourth-order valence-corrected chi connectivity index (χ4v) is 4.55. The van der Waals surface area contributed by atoms with Crippen LogP contribution in [0.5, 0.6) is 0 Å². The number of hydrogen-bond acceptors (Lipinski definition) is 3. The van der Waals surface area contributed by atoms with Gasteiger partial charge in [0, 0.05) is 34.0 Å². The maximum Gasteiger partial charge on any atom is 0.0802 e. The minimum Gasteiger partial charge on any atom is -0.379 e. The van der Waals surface area contributed by atoms with Gasteiger partial charge in [-0.3, -0.25) is 4.98 Å². The third-order valence-electron chi connectivity index (χ3n) is 5.22. The number of fused-ring (bicyclic) bond motifs is 1. The number of methoxy groups -OCH3 is 1. The summed E-state index contributed by atoms with van der Waals surface area (Å²) in [5.74, 6) is 0.765. The summed E-state index contributed by atoms with van der Waals surface area (Å²) in [6.45, 7) is 3.23. The predicted molar refractivity (Wildman–Crippen MR) is 103 cm³/mol. The van der Waals surface area contributed by atoms with Crippen molar-refractivity contribution >= 4 is 39.2 Å². The van der Waals surface area contributed by atoms with Crippen LogP contribution in [0.15, 0.2) is 24.3 Å².